The van der Waals surface area contributed by atoms with Crippen LogP contribution in [0.25, 0.3) is 43.1 Å². The summed E-state index contributed by atoms with van der Waals surface area (Å²) in [6.07, 6.45) is -0.949. The van der Waals surface area contributed by atoms with Gasteiger partial charge in [0.25, 0.3) is 5.56 Å². The Balaban J connectivity index is 1.29. The van der Waals surface area contributed by atoms with Gasteiger partial charge in [0.15, 0.2) is 0 Å². The molecule has 7 rings (SSSR count). The SMILES string of the molecule is CC(=O)OC[C@H]1O[C@@H](n2cc(C#Cc3ccc4c5cccc6cccc(c7cccc3c74)c65)c(=O)[nH]c2=O)C[C@@H]1OC(C)=O. The van der Waals surface area contributed by atoms with Gasteiger partial charge < -0.3 is 14.2 Å². The van der Waals surface area contributed by atoms with E-state index in [1.165, 1.54) is 46.2 Å². The number of aromatic nitrogens is 2. The van der Waals surface area contributed by atoms with E-state index in [0.29, 0.717) is 0 Å². The molecule has 0 saturated carbocycles. The van der Waals surface area contributed by atoms with Crippen LogP contribution in [0.1, 0.15) is 37.6 Å². The number of nitrogens with one attached hydrogen (secondary N) is 1. The number of rotatable bonds is 4. The van der Waals surface area contributed by atoms with Crippen LogP contribution in [0.15, 0.2) is 82.5 Å². The summed E-state index contributed by atoms with van der Waals surface area (Å²) in [6, 6.07) is 22.8. The molecule has 3 atom stereocenters. The van der Waals surface area contributed by atoms with Crippen LogP contribution in [0.5, 0.6) is 0 Å². The van der Waals surface area contributed by atoms with Crippen LogP contribution < -0.4 is 11.2 Å². The van der Waals surface area contributed by atoms with Crippen LogP contribution in [0.4, 0.5) is 0 Å². The van der Waals surface area contributed by atoms with Crippen molar-refractivity contribution < 1.29 is 23.8 Å². The second kappa shape index (κ2) is 10.7. The summed E-state index contributed by atoms with van der Waals surface area (Å²) >= 11 is 0. The predicted octanol–water partition coefficient (Wildman–Crippen LogP) is 4.77. The normalized spacial score (nSPS) is 18.1. The van der Waals surface area contributed by atoms with Crippen LogP contribution in [-0.2, 0) is 23.8 Å². The quantitative estimate of drug-likeness (QED) is 0.137. The minimum absolute atomic E-state index is 0.0660. The van der Waals surface area contributed by atoms with Crippen molar-refractivity contribution >= 4 is 55.0 Å². The van der Waals surface area contributed by atoms with Crippen molar-refractivity contribution in [2.75, 3.05) is 6.61 Å². The van der Waals surface area contributed by atoms with Crippen molar-refractivity contribution in [1.29, 1.82) is 0 Å². The van der Waals surface area contributed by atoms with E-state index in [4.69, 9.17) is 14.2 Å². The number of H-pyrrole nitrogens is 1. The molecular weight excluding hydrogens is 560 g/mol. The molecule has 1 aliphatic heterocycles. The third kappa shape index (κ3) is 4.66. The van der Waals surface area contributed by atoms with E-state index in [1.807, 2.05) is 18.2 Å². The van der Waals surface area contributed by atoms with Crippen LogP contribution in [0.3, 0.4) is 0 Å². The summed E-state index contributed by atoms with van der Waals surface area (Å²) in [7, 11) is 0. The van der Waals surface area contributed by atoms with Crippen molar-refractivity contribution in [2.45, 2.75) is 38.7 Å². The number of aromatic amines is 1. The van der Waals surface area contributed by atoms with Crippen molar-refractivity contribution in [1.82, 2.24) is 9.55 Å². The second-order valence-corrected chi connectivity index (χ2v) is 10.9. The number of ether oxygens (including phenoxy) is 3. The standard InChI is InChI=1S/C35H26N2O7/c1-19(38)42-18-30-29(43-20(2)39)16-31(44-30)37-17-23(34(40)36-35(37)41)13-12-21-14-15-28-26-10-4-7-22-6-3-9-25(32(22)26)27-11-5-8-24(21)33(27)28/h3-11,14-15,17,29-31H,16,18H2,1-2H3,(H,36,40,41)/t29-,30+,31+/m0/s1. The average molecular weight is 587 g/mol. The molecule has 0 aliphatic carbocycles. The molecule has 1 aliphatic rings. The van der Waals surface area contributed by atoms with E-state index in [0.717, 1.165) is 27.1 Å². The highest BCUT2D eigenvalue weighted by atomic mass is 16.6. The van der Waals surface area contributed by atoms with Gasteiger partial charge in [0.05, 0.1) is 0 Å². The van der Waals surface area contributed by atoms with Crippen molar-refractivity contribution in [2.24, 2.45) is 0 Å². The van der Waals surface area contributed by atoms with Crippen LogP contribution in [0.2, 0.25) is 0 Å². The summed E-state index contributed by atoms with van der Waals surface area (Å²) in [5, 5.41) is 9.05. The van der Waals surface area contributed by atoms with Crippen molar-refractivity contribution in [3.05, 3.63) is 105 Å². The lowest BCUT2D eigenvalue weighted by Gasteiger charge is -2.17. The Labute approximate surface area is 250 Å². The molecule has 2 heterocycles. The molecule has 44 heavy (non-hydrogen) atoms. The smallest absolute Gasteiger partial charge is 0.330 e. The summed E-state index contributed by atoms with van der Waals surface area (Å²) in [6.45, 7) is 2.36. The Morgan fingerprint density at radius 3 is 2.18 bits per heavy atom. The third-order valence-corrected chi connectivity index (χ3v) is 8.08. The molecule has 0 unspecified atom stereocenters. The van der Waals surface area contributed by atoms with Gasteiger partial charge in [0.2, 0.25) is 0 Å². The number of esters is 2. The van der Waals surface area contributed by atoms with E-state index in [2.05, 4.69) is 65.4 Å². The van der Waals surface area contributed by atoms with Crippen LogP contribution >= 0.6 is 0 Å². The number of hydrogen-bond donors (Lipinski definition) is 1. The molecule has 0 radical (unpaired) electrons. The lowest BCUT2D eigenvalue weighted by molar-refractivity contribution is -0.155. The van der Waals surface area contributed by atoms with E-state index < -0.39 is 41.6 Å². The summed E-state index contributed by atoms with van der Waals surface area (Å²) in [4.78, 5) is 50.9. The molecule has 218 valence electrons. The Morgan fingerprint density at radius 2 is 1.48 bits per heavy atom. The van der Waals surface area contributed by atoms with Crippen LogP contribution in [-0.4, -0.2) is 40.3 Å². The molecule has 1 aromatic heterocycles. The first-order valence-corrected chi connectivity index (χ1v) is 14.2. The van der Waals surface area contributed by atoms with Gasteiger partial charge in [0.1, 0.15) is 30.6 Å². The molecule has 0 bridgehead atoms. The number of carbonyl (C=O) groups is 2. The molecule has 6 aromatic rings. The molecular formula is C35H26N2O7. The maximum Gasteiger partial charge on any atom is 0.330 e. The van der Waals surface area contributed by atoms with Gasteiger partial charge in [-0.1, -0.05) is 72.5 Å². The van der Waals surface area contributed by atoms with Crippen molar-refractivity contribution in [3.8, 4) is 11.8 Å². The van der Waals surface area contributed by atoms with Crippen molar-refractivity contribution in [3.63, 3.8) is 0 Å². The monoisotopic (exact) mass is 586 g/mol. The molecule has 1 N–H and O–H groups in total. The minimum atomic E-state index is -0.881. The number of nitrogens with zero attached hydrogens (tertiary/aromatic N) is 1. The number of hydrogen-bond acceptors (Lipinski definition) is 7. The highest BCUT2D eigenvalue weighted by Crippen LogP contribution is 2.40. The summed E-state index contributed by atoms with van der Waals surface area (Å²) in [5.41, 5.74) is -0.526. The lowest BCUT2D eigenvalue weighted by atomic mass is 9.88. The van der Waals surface area contributed by atoms with Gasteiger partial charge in [-0.3, -0.25) is 23.9 Å². The fraction of sp³-hybridized carbons (Fsp3) is 0.200. The Bertz CT molecular complexity index is 2260. The molecule has 0 amide bonds. The topological polar surface area (TPSA) is 117 Å². The van der Waals surface area contributed by atoms with E-state index in [1.54, 1.807) is 0 Å². The Kier molecular flexibility index (Phi) is 6.64. The maximum atomic E-state index is 12.8. The number of fused-ring (bicyclic) bond motifs is 2. The maximum absolute atomic E-state index is 12.8. The molecule has 1 fully saturated rings. The fourth-order valence-corrected chi connectivity index (χ4v) is 6.24. The Morgan fingerprint density at radius 1 is 0.841 bits per heavy atom. The third-order valence-electron chi connectivity index (χ3n) is 8.08. The van der Waals surface area contributed by atoms with E-state index >= 15 is 0 Å². The number of benzene rings is 5. The average Bonchev–Trinajstić information content (AvgIpc) is 3.39. The first kappa shape index (κ1) is 27.4. The molecule has 0 spiro atoms. The highest BCUT2D eigenvalue weighted by Gasteiger charge is 2.39. The van der Waals surface area contributed by atoms with Gasteiger partial charge in [-0.05, 0) is 49.2 Å². The first-order chi connectivity index (χ1) is 21.3. The molecule has 9 heteroatoms. The zero-order valence-corrected chi connectivity index (χ0v) is 23.9. The van der Waals surface area contributed by atoms with E-state index in [9.17, 15) is 19.2 Å². The molecule has 5 aromatic carbocycles. The summed E-state index contributed by atoms with van der Waals surface area (Å²) < 4.78 is 17.6. The fourth-order valence-electron chi connectivity index (χ4n) is 6.24. The minimum Gasteiger partial charge on any atom is -0.463 e. The zero-order chi connectivity index (χ0) is 30.5. The highest BCUT2D eigenvalue weighted by molar-refractivity contribution is 6.33. The first-order valence-electron chi connectivity index (χ1n) is 14.2. The number of carbonyl (C=O) groups excluding carboxylic acids is 2. The Hall–Kier alpha value is -5.46. The lowest BCUT2D eigenvalue weighted by Crippen LogP contribution is -2.34. The zero-order valence-electron chi connectivity index (χ0n) is 23.9. The summed E-state index contributed by atoms with van der Waals surface area (Å²) in [5.74, 6) is 5.06. The van der Waals surface area contributed by atoms with Gasteiger partial charge in [-0.2, -0.15) is 0 Å². The largest absolute Gasteiger partial charge is 0.463 e. The van der Waals surface area contributed by atoms with Gasteiger partial charge in [0, 0.05) is 32.0 Å². The van der Waals surface area contributed by atoms with E-state index in [-0.39, 0.29) is 18.6 Å². The molecule has 9 nitrogen and oxygen atoms in total. The predicted molar refractivity (Wildman–Crippen MR) is 166 cm³/mol. The second-order valence-electron chi connectivity index (χ2n) is 10.9. The molecule has 1 saturated heterocycles. The van der Waals surface area contributed by atoms with Gasteiger partial charge in [-0.25, -0.2) is 4.79 Å². The van der Waals surface area contributed by atoms with Crippen LogP contribution in [0, 0.1) is 11.8 Å². The van der Waals surface area contributed by atoms with Gasteiger partial charge >= 0.3 is 17.6 Å². The van der Waals surface area contributed by atoms with Gasteiger partial charge in [-0.15, -0.1) is 0 Å².